The molecule has 0 fully saturated rings. The van der Waals surface area contributed by atoms with Crippen molar-refractivity contribution in [2.24, 2.45) is 5.73 Å². The highest BCUT2D eigenvalue weighted by Gasteiger charge is 2.32. The van der Waals surface area contributed by atoms with Gasteiger partial charge in [-0.05, 0) is 17.7 Å². The van der Waals surface area contributed by atoms with Gasteiger partial charge in [-0.2, -0.15) is 13.2 Å². The molecule has 7 heteroatoms. The summed E-state index contributed by atoms with van der Waals surface area (Å²) in [6.45, 7) is -0.517. The number of aliphatic hydroxyl groups excluding tert-OH is 1. The summed E-state index contributed by atoms with van der Waals surface area (Å²) in [5, 5.41) is 8.48. The van der Waals surface area contributed by atoms with E-state index in [1.54, 1.807) is 0 Å². The molecule has 0 aliphatic heterocycles. The second kappa shape index (κ2) is 4.79. The normalized spacial score (nSPS) is 13.9. The highest BCUT2D eigenvalue weighted by atomic mass is 35.5. The summed E-state index contributed by atoms with van der Waals surface area (Å²) in [6, 6.07) is 0.513. The summed E-state index contributed by atoms with van der Waals surface area (Å²) in [5.41, 5.74) is 4.45. The molecular weight excluding hydrogens is 266 g/mol. The molecule has 0 aliphatic rings. The Morgan fingerprint density at radius 1 is 1.31 bits per heavy atom. The molecule has 0 unspecified atom stereocenters. The zero-order valence-corrected chi connectivity index (χ0v) is 9.37. The Balaban J connectivity index is 3.33. The van der Waals surface area contributed by atoms with Crippen LogP contribution in [0, 0.1) is 0 Å². The minimum Gasteiger partial charge on any atom is -0.394 e. The third-order valence-electron chi connectivity index (χ3n) is 1.98. The van der Waals surface area contributed by atoms with Crippen molar-refractivity contribution in [1.29, 1.82) is 0 Å². The molecule has 90 valence electrons. The Kier molecular flexibility index (Phi) is 4.07. The van der Waals surface area contributed by atoms with Gasteiger partial charge < -0.3 is 10.8 Å². The van der Waals surface area contributed by atoms with Crippen LogP contribution in [0.15, 0.2) is 12.1 Å². The van der Waals surface area contributed by atoms with Crippen molar-refractivity contribution in [3.63, 3.8) is 0 Å². The monoisotopic (exact) mass is 273 g/mol. The molecule has 0 saturated carbocycles. The summed E-state index contributed by atoms with van der Waals surface area (Å²) in [4.78, 5) is 0. The molecule has 0 aromatic heterocycles. The maximum absolute atomic E-state index is 12.4. The van der Waals surface area contributed by atoms with Crippen LogP contribution in [0.1, 0.15) is 17.2 Å². The molecule has 2 nitrogen and oxygen atoms in total. The van der Waals surface area contributed by atoms with Crippen LogP contribution in [0.5, 0.6) is 0 Å². The van der Waals surface area contributed by atoms with Crippen molar-refractivity contribution in [2.75, 3.05) is 6.61 Å². The second-order valence-electron chi connectivity index (χ2n) is 3.15. The first kappa shape index (κ1) is 13.6. The second-order valence-corrected chi connectivity index (χ2v) is 3.93. The van der Waals surface area contributed by atoms with Gasteiger partial charge in [-0.15, -0.1) is 0 Å². The molecule has 16 heavy (non-hydrogen) atoms. The molecule has 1 rings (SSSR count). The molecule has 0 saturated heterocycles. The van der Waals surface area contributed by atoms with E-state index in [1.807, 2.05) is 0 Å². The Labute approximate surface area is 99.8 Å². The fraction of sp³-hybridized carbons (Fsp3) is 0.333. The molecule has 0 heterocycles. The summed E-state index contributed by atoms with van der Waals surface area (Å²) in [7, 11) is 0. The number of benzene rings is 1. The average Bonchev–Trinajstić information content (AvgIpc) is 2.19. The summed E-state index contributed by atoms with van der Waals surface area (Å²) >= 11 is 11.3. The van der Waals surface area contributed by atoms with Crippen LogP contribution in [-0.2, 0) is 6.18 Å². The number of hydrogen-bond acceptors (Lipinski definition) is 2. The van der Waals surface area contributed by atoms with Crippen molar-refractivity contribution in [2.45, 2.75) is 12.2 Å². The summed E-state index contributed by atoms with van der Waals surface area (Å²) in [5.74, 6) is 0. The molecule has 0 spiro atoms. The Bertz CT molecular complexity index is 395. The lowest BCUT2D eigenvalue weighted by molar-refractivity contribution is -0.137. The minimum atomic E-state index is -4.53. The standard InChI is InChI=1S/C9H8Cl2F3NO/c10-6-2-4(9(12,13)14)1-5(8(6)11)7(15)3-16/h1-2,7,16H,3,15H2/t7-/m0/s1. The molecule has 3 N–H and O–H groups in total. The predicted octanol–water partition coefficient (Wildman–Crippen LogP) is 3.00. The molecule has 0 radical (unpaired) electrons. The first-order chi connectivity index (χ1) is 7.27. The zero-order chi connectivity index (χ0) is 12.5. The molecule has 0 aliphatic carbocycles. The molecular formula is C9H8Cl2F3NO. The van der Waals surface area contributed by atoms with Crippen molar-refractivity contribution in [1.82, 2.24) is 0 Å². The van der Waals surface area contributed by atoms with Crippen molar-refractivity contribution >= 4 is 23.2 Å². The maximum Gasteiger partial charge on any atom is 0.416 e. The highest BCUT2D eigenvalue weighted by Crippen LogP contribution is 2.37. The van der Waals surface area contributed by atoms with Crippen LogP contribution >= 0.6 is 23.2 Å². The van der Waals surface area contributed by atoms with Gasteiger partial charge in [-0.3, -0.25) is 0 Å². The van der Waals surface area contributed by atoms with E-state index in [0.717, 1.165) is 12.1 Å². The van der Waals surface area contributed by atoms with E-state index < -0.39 is 24.4 Å². The van der Waals surface area contributed by atoms with Crippen molar-refractivity contribution in [3.05, 3.63) is 33.3 Å². The van der Waals surface area contributed by atoms with E-state index in [0.29, 0.717) is 0 Å². The van der Waals surface area contributed by atoms with Crippen LogP contribution in [0.3, 0.4) is 0 Å². The van der Waals surface area contributed by atoms with Crippen LogP contribution in [0.4, 0.5) is 13.2 Å². The van der Waals surface area contributed by atoms with Gasteiger partial charge in [0.1, 0.15) is 0 Å². The predicted molar refractivity (Wildman–Crippen MR) is 55.5 cm³/mol. The number of nitrogens with two attached hydrogens (primary N) is 1. The third kappa shape index (κ3) is 2.79. The SMILES string of the molecule is N[C@@H](CO)c1cc(C(F)(F)F)cc(Cl)c1Cl. The third-order valence-corrected chi connectivity index (χ3v) is 2.80. The number of alkyl halides is 3. The highest BCUT2D eigenvalue weighted by molar-refractivity contribution is 6.42. The lowest BCUT2D eigenvalue weighted by Gasteiger charge is -2.15. The lowest BCUT2D eigenvalue weighted by atomic mass is 10.0. The van der Waals surface area contributed by atoms with Crippen LogP contribution in [0.2, 0.25) is 10.0 Å². The molecule has 1 aromatic carbocycles. The van der Waals surface area contributed by atoms with Gasteiger partial charge in [-0.25, -0.2) is 0 Å². The number of hydrogen-bond donors (Lipinski definition) is 2. The zero-order valence-electron chi connectivity index (χ0n) is 7.85. The Hall–Kier alpha value is -0.490. The number of rotatable bonds is 2. The van der Waals surface area contributed by atoms with E-state index in [-0.39, 0.29) is 15.6 Å². The first-order valence-electron chi connectivity index (χ1n) is 4.20. The minimum absolute atomic E-state index is 0.0241. The van der Waals surface area contributed by atoms with E-state index in [9.17, 15) is 13.2 Å². The quantitative estimate of drug-likeness (QED) is 0.870. The van der Waals surface area contributed by atoms with Gasteiger partial charge in [0.2, 0.25) is 0 Å². The van der Waals surface area contributed by atoms with Gasteiger partial charge in [0.25, 0.3) is 0 Å². The Morgan fingerprint density at radius 2 is 1.88 bits per heavy atom. The van der Waals surface area contributed by atoms with Crippen LogP contribution in [-0.4, -0.2) is 11.7 Å². The maximum atomic E-state index is 12.4. The lowest BCUT2D eigenvalue weighted by Crippen LogP contribution is -2.16. The average molecular weight is 274 g/mol. The molecule has 0 bridgehead atoms. The molecule has 1 aromatic rings. The van der Waals surface area contributed by atoms with Crippen LogP contribution < -0.4 is 5.73 Å². The van der Waals surface area contributed by atoms with Gasteiger partial charge in [0.05, 0.1) is 28.3 Å². The molecule has 0 amide bonds. The van der Waals surface area contributed by atoms with Crippen molar-refractivity contribution in [3.8, 4) is 0 Å². The fourth-order valence-corrected chi connectivity index (χ4v) is 1.62. The van der Waals surface area contributed by atoms with E-state index in [1.165, 1.54) is 0 Å². The van der Waals surface area contributed by atoms with Gasteiger partial charge >= 0.3 is 6.18 Å². The summed E-state index contributed by atoms with van der Waals surface area (Å²) < 4.78 is 37.3. The van der Waals surface area contributed by atoms with Crippen molar-refractivity contribution < 1.29 is 18.3 Å². The smallest absolute Gasteiger partial charge is 0.394 e. The van der Waals surface area contributed by atoms with Gasteiger partial charge in [-0.1, -0.05) is 23.2 Å². The Morgan fingerprint density at radius 3 is 2.31 bits per heavy atom. The van der Waals surface area contributed by atoms with E-state index in [4.69, 9.17) is 34.0 Å². The van der Waals surface area contributed by atoms with E-state index in [2.05, 4.69) is 0 Å². The largest absolute Gasteiger partial charge is 0.416 e. The summed E-state index contributed by atoms with van der Waals surface area (Å²) in [6.07, 6.45) is -4.53. The topological polar surface area (TPSA) is 46.2 Å². The van der Waals surface area contributed by atoms with Crippen LogP contribution in [0.25, 0.3) is 0 Å². The van der Waals surface area contributed by atoms with Gasteiger partial charge in [0, 0.05) is 0 Å². The number of halogens is 5. The fourth-order valence-electron chi connectivity index (χ4n) is 1.14. The number of aliphatic hydroxyl groups is 1. The van der Waals surface area contributed by atoms with Gasteiger partial charge in [0.15, 0.2) is 0 Å². The molecule has 1 atom stereocenters. The first-order valence-corrected chi connectivity index (χ1v) is 4.95. The van der Waals surface area contributed by atoms with E-state index >= 15 is 0 Å².